The van der Waals surface area contributed by atoms with Gasteiger partial charge >= 0.3 is 0 Å². The van der Waals surface area contributed by atoms with E-state index in [1.807, 2.05) is 41.7 Å². The summed E-state index contributed by atoms with van der Waals surface area (Å²) in [6, 6.07) is 12.6. The zero-order valence-electron chi connectivity index (χ0n) is 16.8. The molecular formula is C24H29N3OS. The summed E-state index contributed by atoms with van der Waals surface area (Å²) in [6.07, 6.45) is 7.18. The Morgan fingerprint density at radius 1 is 1.17 bits per heavy atom. The first-order valence-electron chi connectivity index (χ1n) is 10.9. The number of carbonyl (C=O) groups excluding carboxylic acids is 1. The predicted octanol–water partition coefficient (Wildman–Crippen LogP) is 4.97. The Kier molecular flexibility index (Phi) is 5.42. The van der Waals surface area contributed by atoms with Crippen LogP contribution in [0.15, 0.2) is 41.8 Å². The van der Waals surface area contributed by atoms with Gasteiger partial charge in [0.2, 0.25) is 0 Å². The van der Waals surface area contributed by atoms with E-state index in [-0.39, 0.29) is 5.91 Å². The van der Waals surface area contributed by atoms with E-state index >= 15 is 0 Å². The van der Waals surface area contributed by atoms with Crippen molar-refractivity contribution in [3.05, 3.63) is 57.9 Å². The normalized spacial score (nSPS) is 22.5. The Morgan fingerprint density at radius 2 is 2.03 bits per heavy atom. The van der Waals surface area contributed by atoms with Crippen molar-refractivity contribution in [1.82, 2.24) is 15.2 Å². The van der Waals surface area contributed by atoms with Crippen LogP contribution in [0.3, 0.4) is 0 Å². The van der Waals surface area contributed by atoms with E-state index in [1.54, 1.807) is 10.4 Å². The first-order chi connectivity index (χ1) is 14.2. The van der Waals surface area contributed by atoms with Crippen LogP contribution >= 0.6 is 11.3 Å². The van der Waals surface area contributed by atoms with Crippen molar-refractivity contribution in [3.63, 3.8) is 0 Å². The van der Waals surface area contributed by atoms with Crippen LogP contribution in [0.1, 0.15) is 53.0 Å². The molecule has 0 saturated heterocycles. The van der Waals surface area contributed by atoms with Crippen molar-refractivity contribution < 1.29 is 4.79 Å². The van der Waals surface area contributed by atoms with Crippen LogP contribution in [0.5, 0.6) is 0 Å². The van der Waals surface area contributed by atoms with Crippen molar-refractivity contribution in [2.45, 2.75) is 51.1 Å². The predicted molar refractivity (Wildman–Crippen MR) is 119 cm³/mol. The van der Waals surface area contributed by atoms with Crippen LogP contribution in [-0.4, -0.2) is 34.9 Å². The summed E-state index contributed by atoms with van der Waals surface area (Å²) >= 11 is 1.91. The monoisotopic (exact) mass is 407 g/mol. The number of carbonyl (C=O) groups is 1. The minimum atomic E-state index is 0.0320. The molecule has 2 aliphatic rings. The molecule has 1 aliphatic heterocycles. The number of aromatic amines is 1. The molecule has 29 heavy (non-hydrogen) atoms. The highest BCUT2D eigenvalue weighted by Gasteiger charge is 2.24. The molecule has 0 spiro atoms. The molecular weight excluding hydrogens is 378 g/mol. The molecule has 152 valence electrons. The summed E-state index contributed by atoms with van der Waals surface area (Å²) in [6.45, 7) is 3.56. The second kappa shape index (κ2) is 8.33. The summed E-state index contributed by atoms with van der Waals surface area (Å²) < 4.78 is 0. The van der Waals surface area contributed by atoms with E-state index in [0.717, 1.165) is 36.2 Å². The molecule has 0 atom stereocenters. The molecule has 2 N–H and O–H groups in total. The minimum absolute atomic E-state index is 0.0320. The molecule has 1 aliphatic carbocycles. The van der Waals surface area contributed by atoms with Gasteiger partial charge in [0.1, 0.15) is 5.69 Å². The lowest BCUT2D eigenvalue weighted by Crippen LogP contribution is -2.38. The molecule has 3 heterocycles. The molecule has 2 aromatic heterocycles. The van der Waals surface area contributed by atoms with Crippen molar-refractivity contribution in [2.24, 2.45) is 5.92 Å². The molecule has 1 amide bonds. The highest BCUT2D eigenvalue weighted by Crippen LogP contribution is 2.29. The van der Waals surface area contributed by atoms with Crippen LogP contribution in [0.2, 0.25) is 0 Å². The third kappa shape index (κ3) is 4.26. The van der Waals surface area contributed by atoms with Gasteiger partial charge in [-0.05, 0) is 80.1 Å². The Morgan fingerprint density at radius 3 is 2.90 bits per heavy atom. The van der Waals surface area contributed by atoms with E-state index < -0.39 is 0 Å². The van der Waals surface area contributed by atoms with Crippen molar-refractivity contribution in [1.29, 1.82) is 0 Å². The van der Waals surface area contributed by atoms with Gasteiger partial charge in [0.25, 0.3) is 5.91 Å². The van der Waals surface area contributed by atoms with Gasteiger partial charge in [0, 0.05) is 34.9 Å². The van der Waals surface area contributed by atoms with E-state index in [9.17, 15) is 4.79 Å². The number of hydrogen-bond donors (Lipinski definition) is 2. The smallest absolute Gasteiger partial charge is 0.267 e. The fraction of sp³-hybridized carbons (Fsp3) is 0.458. The third-order valence-corrected chi connectivity index (χ3v) is 7.72. The maximum atomic E-state index is 12.6. The van der Waals surface area contributed by atoms with Gasteiger partial charge in [-0.1, -0.05) is 18.2 Å². The minimum Gasteiger partial charge on any atom is -0.351 e. The first-order valence-corrected chi connectivity index (χ1v) is 11.8. The van der Waals surface area contributed by atoms with Crippen molar-refractivity contribution in [3.8, 4) is 0 Å². The summed E-state index contributed by atoms with van der Waals surface area (Å²) in [5.41, 5.74) is 3.24. The van der Waals surface area contributed by atoms with Crippen LogP contribution < -0.4 is 5.32 Å². The van der Waals surface area contributed by atoms with Gasteiger partial charge in [-0.2, -0.15) is 0 Å². The number of H-pyrrole nitrogens is 1. The maximum absolute atomic E-state index is 12.6. The summed E-state index contributed by atoms with van der Waals surface area (Å²) in [7, 11) is 0. The second-order valence-corrected chi connectivity index (χ2v) is 9.65. The molecule has 5 heteroatoms. The molecule has 0 radical (unpaired) electrons. The number of nitrogens with one attached hydrogen (secondary N) is 2. The third-order valence-electron chi connectivity index (χ3n) is 6.70. The quantitative estimate of drug-likeness (QED) is 0.628. The molecule has 1 fully saturated rings. The van der Waals surface area contributed by atoms with Crippen LogP contribution in [-0.2, 0) is 13.0 Å². The number of thiophene rings is 1. The molecule has 0 bridgehead atoms. The number of hydrogen-bond acceptors (Lipinski definition) is 3. The molecule has 4 nitrogen and oxygen atoms in total. The lowest BCUT2D eigenvalue weighted by atomic mass is 9.84. The molecule has 5 rings (SSSR count). The standard InChI is InChI=1S/C24H29N3OS/c28-24(22-15-18-3-1-2-4-21(18)26-22)25-20-7-5-17(6-8-20)9-12-27-13-10-23-19(16-27)11-14-29-23/h1-4,11,14-15,17,20,26H,5-10,12-13,16H2,(H,25,28). The van der Waals surface area contributed by atoms with Gasteiger partial charge in [-0.15, -0.1) is 11.3 Å². The summed E-state index contributed by atoms with van der Waals surface area (Å²) in [5, 5.41) is 6.58. The van der Waals surface area contributed by atoms with E-state index in [0.29, 0.717) is 11.7 Å². The van der Waals surface area contributed by atoms with E-state index in [1.165, 1.54) is 38.8 Å². The van der Waals surface area contributed by atoms with Gasteiger partial charge in [0.15, 0.2) is 0 Å². The van der Waals surface area contributed by atoms with Crippen LogP contribution in [0, 0.1) is 5.92 Å². The second-order valence-electron chi connectivity index (χ2n) is 8.65. The number of nitrogens with zero attached hydrogens (tertiary/aromatic N) is 1. The maximum Gasteiger partial charge on any atom is 0.267 e. The van der Waals surface area contributed by atoms with Gasteiger partial charge in [0.05, 0.1) is 0 Å². The Bertz CT molecular complexity index is 950. The molecule has 1 aromatic carbocycles. The first kappa shape index (κ1) is 18.9. The highest BCUT2D eigenvalue weighted by atomic mass is 32.1. The zero-order chi connectivity index (χ0) is 19.6. The molecule has 1 saturated carbocycles. The van der Waals surface area contributed by atoms with Gasteiger partial charge in [-0.25, -0.2) is 0 Å². The fourth-order valence-electron chi connectivity index (χ4n) is 4.92. The number of fused-ring (bicyclic) bond motifs is 2. The summed E-state index contributed by atoms with van der Waals surface area (Å²) in [4.78, 5) is 20.1. The lowest BCUT2D eigenvalue weighted by molar-refractivity contribution is 0.0915. The zero-order valence-corrected chi connectivity index (χ0v) is 17.6. The number of para-hydroxylation sites is 1. The van der Waals surface area contributed by atoms with Crippen LogP contribution in [0.25, 0.3) is 10.9 Å². The SMILES string of the molecule is O=C(NC1CCC(CCN2CCc3sccc3C2)CC1)c1cc2ccccc2[nH]1. The fourth-order valence-corrected chi connectivity index (χ4v) is 5.81. The topological polar surface area (TPSA) is 48.1 Å². The number of amides is 1. The number of aromatic nitrogens is 1. The van der Waals surface area contributed by atoms with Crippen molar-refractivity contribution >= 4 is 28.1 Å². The average Bonchev–Trinajstić information content (AvgIpc) is 3.39. The average molecular weight is 408 g/mol. The molecule has 3 aromatic rings. The molecule has 0 unspecified atom stereocenters. The van der Waals surface area contributed by atoms with Crippen molar-refractivity contribution in [2.75, 3.05) is 13.1 Å². The summed E-state index contributed by atoms with van der Waals surface area (Å²) in [5.74, 6) is 0.838. The highest BCUT2D eigenvalue weighted by molar-refractivity contribution is 7.10. The Balaban J connectivity index is 1.07. The van der Waals surface area contributed by atoms with E-state index in [2.05, 4.69) is 26.6 Å². The Labute approximate surface area is 176 Å². The Hall–Kier alpha value is -2.11. The number of rotatable bonds is 5. The van der Waals surface area contributed by atoms with Crippen LogP contribution in [0.4, 0.5) is 0 Å². The largest absolute Gasteiger partial charge is 0.351 e. The van der Waals surface area contributed by atoms with Gasteiger partial charge in [-0.3, -0.25) is 9.69 Å². The van der Waals surface area contributed by atoms with Gasteiger partial charge < -0.3 is 10.3 Å². The number of benzene rings is 1. The lowest BCUT2D eigenvalue weighted by Gasteiger charge is -2.32. The van der Waals surface area contributed by atoms with E-state index in [4.69, 9.17) is 0 Å².